The molecule has 1 aliphatic carbocycles. The molecule has 0 unspecified atom stereocenters. The van der Waals surface area contributed by atoms with Crippen molar-refractivity contribution in [3.63, 3.8) is 0 Å². The number of nitrogens with one attached hydrogen (secondary N) is 1. The van der Waals surface area contributed by atoms with Crippen LogP contribution in [-0.4, -0.2) is 24.5 Å². The van der Waals surface area contributed by atoms with Crippen molar-refractivity contribution < 1.29 is 18.3 Å². The van der Waals surface area contributed by atoms with E-state index >= 15 is 0 Å². The van der Waals surface area contributed by atoms with Crippen molar-refractivity contribution in [2.45, 2.75) is 24.8 Å². The maximum Gasteiger partial charge on any atom is 0.258 e. The van der Waals surface area contributed by atoms with Crippen LogP contribution in [0.25, 0.3) is 0 Å². The number of hydrogen-bond acceptors (Lipinski definition) is 2. The Morgan fingerprint density at radius 2 is 2.21 bits per heavy atom. The number of halogens is 4. The normalized spacial score (nSPS) is 17.7. The van der Waals surface area contributed by atoms with E-state index in [9.17, 15) is 13.6 Å². The summed E-state index contributed by atoms with van der Waals surface area (Å²) in [6, 6.07) is 4.55. The summed E-state index contributed by atoms with van der Waals surface area (Å²) in [5.74, 6) is -2.64. The maximum absolute atomic E-state index is 12.6. The van der Waals surface area contributed by atoms with E-state index in [2.05, 4.69) is 21.2 Å². The zero-order chi connectivity index (χ0) is 14.0. The molecular formula is C12H11BrClF2NO2. The van der Waals surface area contributed by atoms with E-state index in [0.29, 0.717) is 15.2 Å². The Bertz CT molecular complexity index is 491. The van der Waals surface area contributed by atoms with Gasteiger partial charge >= 0.3 is 0 Å². The smallest absolute Gasteiger partial charge is 0.258 e. The average Bonchev–Trinajstić information content (AvgIpc) is 2.29. The Balaban J connectivity index is 1.79. The van der Waals surface area contributed by atoms with Crippen LogP contribution in [0, 0.1) is 0 Å². The predicted octanol–water partition coefficient (Wildman–Crippen LogP) is 3.40. The highest BCUT2D eigenvalue weighted by Gasteiger charge is 2.45. The molecule has 1 aromatic rings. The number of ether oxygens (including phenoxy) is 1. The van der Waals surface area contributed by atoms with Crippen LogP contribution in [0.4, 0.5) is 8.78 Å². The number of carbonyl (C=O) groups is 1. The average molecular weight is 355 g/mol. The van der Waals surface area contributed by atoms with E-state index in [4.69, 9.17) is 16.3 Å². The van der Waals surface area contributed by atoms with Gasteiger partial charge in [0.05, 0.1) is 9.50 Å². The number of carbonyl (C=O) groups excluding carboxylic acids is 1. The van der Waals surface area contributed by atoms with Crippen LogP contribution in [0.5, 0.6) is 5.75 Å². The molecule has 1 saturated carbocycles. The van der Waals surface area contributed by atoms with Crippen LogP contribution in [0.15, 0.2) is 22.7 Å². The largest absolute Gasteiger partial charge is 0.483 e. The van der Waals surface area contributed by atoms with Crippen LogP contribution < -0.4 is 10.1 Å². The highest BCUT2D eigenvalue weighted by molar-refractivity contribution is 9.10. The summed E-state index contributed by atoms with van der Waals surface area (Å²) in [5, 5.41) is 2.95. The molecule has 0 aromatic heterocycles. The standard InChI is InChI=1S/C12H11BrClF2NO2/c13-11-8(14)2-1-3-9(11)19-6-10(18)17-7-4-12(15,16)5-7/h1-3,7H,4-6H2,(H,17,18). The third-order valence-electron chi connectivity index (χ3n) is 2.73. The first-order valence-corrected chi connectivity index (χ1v) is 6.78. The van der Waals surface area contributed by atoms with Gasteiger partial charge in [-0.1, -0.05) is 17.7 Å². The van der Waals surface area contributed by atoms with Crippen molar-refractivity contribution in [3.8, 4) is 5.75 Å². The number of benzene rings is 1. The molecule has 1 fully saturated rings. The lowest BCUT2D eigenvalue weighted by Gasteiger charge is -2.35. The van der Waals surface area contributed by atoms with Crippen LogP contribution in [0.3, 0.4) is 0 Å². The Morgan fingerprint density at radius 1 is 1.53 bits per heavy atom. The van der Waals surface area contributed by atoms with E-state index in [1.165, 1.54) is 0 Å². The first kappa shape index (κ1) is 14.5. The summed E-state index contributed by atoms with van der Waals surface area (Å²) in [5.41, 5.74) is 0. The molecule has 1 N–H and O–H groups in total. The molecule has 0 atom stereocenters. The molecular weight excluding hydrogens is 343 g/mol. The van der Waals surface area contributed by atoms with Gasteiger partial charge in [0.1, 0.15) is 5.75 Å². The monoisotopic (exact) mass is 353 g/mol. The van der Waals surface area contributed by atoms with Crippen molar-refractivity contribution in [1.82, 2.24) is 5.32 Å². The fraction of sp³-hybridized carbons (Fsp3) is 0.417. The third-order valence-corrected chi connectivity index (χ3v) is 4.09. The van der Waals surface area contributed by atoms with Gasteiger partial charge in [0.25, 0.3) is 11.8 Å². The summed E-state index contributed by atoms with van der Waals surface area (Å²) in [7, 11) is 0. The number of hydrogen-bond donors (Lipinski definition) is 1. The van der Waals surface area contributed by atoms with Gasteiger partial charge in [0.15, 0.2) is 6.61 Å². The second kappa shape index (κ2) is 5.63. The number of amides is 1. The molecule has 0 bridgehead atoms. The van der Waals surface area contributed by atoms with Crippen molar-refractivity contribution in [3.05, 3.63) is 27.7 Å². The van der Waals surface area contributed by atoms with Crippen molar-refractivity contribution in [2.24, 2.45) is 0 Å². The van der Waals surface area contributed by atoms with Gasteiger partial charge < -0.3 is 10.1 Å². The first-order valence-electron chi connectivity index (χ1n) is 5.61. The quantitative estimate of drug-likeness (QED) is 0.900. The van der Waals surface area contributed by atoms with Crippen LogP contribution in [-0.2, 0) is 4.79 Å². The fourth-order valence-electron chi connectivity index (χ4n) is 1.77. The van der Waals surface area contributed by atoms with Gasteiger partial charge in [0, 0.05) is 18.9 Å². The van der Waals surface area contributed by atoms with E-state index in [-0.39, 0.29) is 19.4 Å². The molecule has 0 heterocycles. The summed E-state index contributed by atoms with van der Waals surface area (Å²) in [6.45, 7) is -0.235. The molecule has 104 valence electrons. The highest BCUT2D eigenvalue weighted by atomic mass is 79.9. The predicted molar refractivity (Wildman–Crippen MR) is 70.8 cm³/mol. The Morgan fingerprint density at radius 3 is 2.84 bits per heavy atom. The van der Waals surface area contributed by atoms with E-state index in [0.717, 1.165) is 0 Å². The van der Waals surface area contributed by atoms with E-state index < -0.39 is 17.9 Å². The summed E-state index contributed by atoms with van der Waals surface area (Å²) >= 11 is 9.10. The number of alkyl halides is 2. The molecule has 19 heavy (non-hydrogen) atoms. The van der Waals surface area contributed by atoms with Crippen LogP contribution in [0.2, 0.25) is 5.02 Å². The lowest BCUT2D eigenvalue weighted by Crippen LogP contribution is -2.51. The maximum atomic E-state index is 12.6. The molecule has 0 saturated heterocycles. The van der Waals surface area contributed by atoms with Gasteiger partial charge in [-0.3, -0.25) is 4.79 Å². The first-order chi connectivity index (χ1) is 8.87. The van der Waals surface area contributed by atoms with Gasteiger partial charge in [-0.05, 0) is 28.1 Å². The summed E-state index contributed by atoms with van der Waals surface area (Å²) in [6.07, 6.45) is -0.612. The summed E-state index contributed by atoms with van der Waals surface area (Å²) < 4.78 is 31.0. The molecule has 1 amide bonds. The second-order valence-electron chi connectivity index (χ2n) is 4.37. The van der Waals surface area contributed by atoms with Crippen LogP contribution in [0.1, 0.15) is 12.8 Å². The Kier molecular flexibility index (Phi) is 4.30. The minimum atomic E-state index is -2.64. The topological polar surface area (TPSA) is 38.3 Å². The summed E-state index contributed by atoms with van der Waals surface area (Å²) in [4.78, 5) is 11.5. The molecule has 3 nitrogen and oxygen atoms in total. The van der Waals surface area contributed by atoms with Gasteiger partial charge in [-0.15, -0.1) is 0 Å². The van der Waals surface area contributed by atoms with Gasteiger partial charge in [0.2, 0.25) is 0 Å². The molecule has 2 rings (SSSR count). The molecule has 7 heteroatoms. The zero-order valence-electron chi connectivity index (χ0n) is 9.76. The van der Waals surface area contributed by atoms with Gasteiger partial charge in [-0.2, -0.15) is 0 Å². The minimum Gasteiger partial charge on any atom is -0.483 e. The lowest BCUT2D eigenvalue weighted by atomic mass is 9.88. The van der Waals surface area contributed by atoms with Gasteiger partial charge in [-0.25, -0.2) is 8.78 Å². The molecule has 1 aromatic carbocycles. The van der Waals surface area contributed by atoms with E-state index in [1.807, 2.05) is 0 Å². The Labute approximate surface area is 122 Å². The van der Waals surface area contributed by atoms with Crippen molar-refractivity contribution >= 4 is 33.4 Å². The van der Waals surface area contributed by atoms with Crippen LogP contribution >= 0.6 is 27.5 Å². The van der Waals surface area contributed by atoms with Crippen molar-refractivity contribution in [2.75, 3.05) is 6.61 Å². The van der Waals surface area contributed by atoms with Crippen molar-refractivity contribution in [1.29, 1.82) is 0 Å². The molecule has 0 aliphatic heterocycles. The molecule has 0 radical (unpaired) electrons. The number of rotatable bonds is 4. The third kappa shape index (κ3) is 3.79. The highest BCUT2D eigenvalue weighted by Crippen LogP contribution is 2.37. The minimum absolute atomic E-state index is 0.235. The Hall–Kier alpha value is -0.880. The second-order valence-corrected chi connectivity index (χ2v) is 5.57. The molecule has 0 spiro atoms. The zero-order valence-corrected chi connectivity index (χ0v) is 12.1. The fourth-order valence-corrected chi connectivity index (χ4v) is 2.32. The lowest BCUT2D eigenvalue weighted by molar-refractivity contribution is -0.131. The SMILES string of the molecule is O=C(COc1cccc(Cl)c1Br)NC1CC(F)(F)C1. The van der Waals surface area contributed by atoms with E-state index in [1.54, 1.807) is 18.2 Å². The molecule has 1 aliphatic rings.